The second-order valence-corrected chi connectivity index (χ2v) is 9.56. The molecule has 2 amide bonds. The van der Waals surface area contributed by atoms with Gasteiger partial charge >= 0.3 is 0 Å². The van der Waals surface area contributed by atoms with Crippen LogP contribution in [0.2, 0.25) is 0 Å². The van der Waals surface area contributed by atoms with Gasteiger partial charge in [-0.2, -0.15) is 4.31 Å². The first-order valence-corrected chi connectivity index (χ1v) is 11.6. The summed E-state index contributed by atoms with van der Waals surface area (Å²) < 4.78 is 37.7. The number of benzene rings is 2. The van der Waals surface area contributed by atoms with Crippen molar-refractivity contribution in [3.63, 3.8) is 0 Å². The van der Waals surface area contributed by atoms with Crippen molar-refractivity contribution < 1.29 is 27.5 Å². The number of anilines is 1. The maximum absolute atomic E-state index is 12.9. The number of rotatable bonds is 7. The molecule has 0 aromatic heterocycles. The van der Waals surface area contributed by atoms with Crippen LogP contribution in [-0.2, 0) is 19.6 Å². The molecule has 0 fully saturated rings. The molecule has 32 heavy (non-hydrogen) atoms. The molecule has 0 saturated heterocycles. The zero-order valence-corrected chi connectivity index (χ0v) is 19.1. The Labute approximate surface area is 187 Å². The summed E-state index contributed by atoms with van der Waals surface area (Å²) in [4.78, 5) is 24.5. The maximum atomic E-state index is 12.9. The normalized spacial score (nSPS) is 13.4. The molecule has 1 heterocycles. The van der Waals surface area contributed by atoms with Crippen molar-refractivity contribution in [3.8, 4) is 11.5 Å². The van der Waals surface area contributed by atoms with Crippen molar-refractivity contribution in [2.45, 2.75) is 25.2 Å². The van der Waals surface area contributed by atoms with E-state index in [1.165, 1.54) is 19.2 Å². The lowest BCUT2D eigenvalue weighted by molar-refractivity contribution is -0.124. The highest BCUT2D eigenvalue weighted by Gasteiger charge is 2.25. The van der Waals surface area contributed by atoms with Crippen molar-refractivity contribution in [2.75, 3.05) is 38.7 Å². The number of aryl methyl sites for hydroxylation is 2. The molecule has 2 N–H and O–H groups in total. The summed E-state index contributed by atoms with van der Waals surface area (Å²) >= 11 is 0. The third-order valence-corrected chi connectivity index (χ3v) is 6.78. The number of carbonyl (C=O) groups excluding carboxylic acids is 2. The Morgan fingerprint density at radius 3 is 2.34 bits per heavy atom. The van der Waals surface area contributed by atoms with E-state index in [-0.39, 0.29) is 11.4 Å². The number of sulfonamides is 1. The second kappa shape index (κ2) is 10.0. The van der Waals surface area contributed by atoms with E-state index < -0.39 is 28.4 Å². The van der Waals surface area contributed by atoms with E-state index in [9.17, 15) is 18.0 Å². The summed E-state index contributed by atoms with van der Waals surface area (Å²) in [6, 6.07) is 9.99. The van der Waals surface area contributed by atoms with E-state index in [0.717, 1.165) is 15.4 Å². The van der Waals surface area contributed by atoms with Crippen LogP contribution in [0.25, 0.3) is 0 Å². The number of likely N-dealkylation sites (N-methyl/N-ethyl adjacent to an activating group) is 1. The Morgan fingerprint density at radius 2 is 1.66 bits per heavy atom. The summed E-state index contributed by atoms with van der Waals surface area (Å²) in [6.07, 6.45) is 0.702. The molecule has 0 bridgehead atoms. The first-order chi connectivity index (χ1) is 15.2. The average molecular weight is 462 g/mol. The fraction of sp³-hybridized carbons (Fsp3) is 0.364. The van der Waals surface area contributed by atoms with Crippen LogP contribution in [0.1, 0.15) is 17.5 Å². The average Bonchev–Trinajstić information content (AvgIpc) is 2.99. The number of ether oxygens (including phenoxy) is 2. The zero-order valence-electron chi connectivity index (χ0n) is 18.3. The van der Waals surface area contributed by atoms with Crippen LogP contribution in [-0.4, -0.2) is 57.9 Å². The van der Waals surface area contributed by atoms with E-state index in [0.29, 0.717) is 36.8 Å². The van der Waals surface area contributed by atoms with Crippen LogP contribution >= 0.6 is 0 Å². The third kappa shape index (κ3) is 5.57. The molecule has 2 aromatic carbocycles. The molecule has 2 aromatic rings. The SMILES string of the molecule is Cc1cccc(C)c1NC(=O)CNC(=O)CN(C)S(=O)(=O)c1ccc2c(c1)OCCCO2. The van der Waals surface area contributed by atoms with Gasteiger partial charge in [-0.05, 0) is 37.1 Å². The minimum absolute atomic E-state index is 0.00942. The molecule has 1 aliphatic rings. The number of carbonyl (C=O) groups is 2. The van der Waals surface area contributed by atoms with Gasteiger partial charge in [0.15, 0.2) is 11.5 Å². The molecule has 10 heteroatoms. The molecule has 0 radical (unpaired) electrons. The van der Waals surface area contributed by atoms with E-state index >= 15 is 0 Å². The van der Waals surface area contributed by atoms with Gasteiger partial charge in [0.1, 0.15) is 0 Å². The Balaban J connectivity index is 1.57. The molecule has 0 unspecified atom stereocenters. The molecule has 0 saturated carbocycles. The van der Waals surface area contributed by atoms with Crippen LogP contribution in [0.5, 0.6) is 11.5 Å². The van der Waals surface area contributed by atoms with E-state index in [4.69, 9.17) is 9.47 Å². The minimum atomic E-state index is -3.94. The molecule has 3 rings (SSSR count). The summed E-state index contributed by atoms with van der Waals surface area (Å²) in [6.45, 7) is 3.97. The Morgan fingerprint density at radius 1 is 1.00 bits per heavy atom. The number of para-hydroxylation sites is 1. The van der Waals surface area contributed by atoms with E-state index in [1.54, 1.807) is 6.07 Å². The van der Waals surface area contributed by atoms with Gasteiger partial charge < -0.3 is 20.1 Å². The monoisotopic (exact) mass is 461 g/mol. The summed E-state index contributed by atoms with van der Waals surface area (Å²) in [5, 5.41) is 5.22. The first kappa shape index (κ1) is 23.6. The van der Waals surface area contributed by atoms with Crippen LogP contribution in [0.3, 0.4) is 0 Å². The number of hydrogen-bond acceptors (Lipinski definition) is 6. The fourth-order valence-corrected chi connectivity index (χ4v) is 4.34. The summed E-state index contributed by atoms with van der Waals surface area (Å²) in [5.74, 6) is -0.160. The van der Waals surface area contributed by atoms with Crippen molar-refractivity contribution in [3.05, 3.63) is 47.5 Å². The molecule has 172 valence electrons. The molecule has 0 aliphatic carbocycles. The van der Waals surface area contributed by atoms with Crippen molar-refractivity contribution in [2.24, 2.45) is 0 Å². The Hall–Kier alpha value is -3.11. The maximum Gasteiger partial charge on any atom is 0.243 e. The molecule has 0 atom stereocenters. The van der Waals surface area contributed by atoms with Gasteiger partial charge in [-0.3, -0.25) is 9.59 Å². The highest BCUT2D eigenvalue weighted by Crippen LogP contribution is 2.32. The number of amides is 2. The highest BCUT2D eigenvalue weighted by molar-refractivity contribution is 7.89. The molecule has 1 aliphatic heterocycles. The quantitative estimate of drug-likeness (QED) is 0.650. The van der Waals surface area contributed by atoms with Gasteiger partial charge in [-0.1, -0.05) is 18.2 Å². The van der Waals surface area contributed by atoms with E-state index in [2.05, 4.69) is 10.6 Å². The van der Waals surface area contributed by atoms with Gasteiger partial charge in [-0.15, -0.1) is 0 Å². The lowest BCUT2D eigenvalue weighted by Gasteiger charge is -2.18. The Kier molecular flexibility index (Phi) is 7.37. The second-order valence-electron chi connectivity index (χ2n) is 7.51. The Bertz CT molecular complexity index is 1100. The molecule has 0 spiro atoms. The van der Waals surface area contributed by atoms with Crippen LogP contribution < -0.4 is 20.1 Å². The third-order valence-electron chi connectivity index (χ3n) is 4.99. The number of fused-ring (bicyclic) bond motifs is 1. The van der Waals surface area contributed by atoms with Gasteiger partial charge in [-0.25, -0.2) is 8.42 Å². The zero-order chi connectivity index (χ0) is 23.3. The predicted octanol–water partition coefficient (Wildman–Crippen LogP) is 1.84. The van der Waals surface area contributed by atoms with Crippen LogP contribution in [0.4, 0.5) is 5.69 Å². The molecule has 9 nitrogen and oxygen atoms in total. The largest absolute Gasteiger partial charge is 0.490 e. The standard InChI is InChI=1S/C22H27N3O6S/c1-15-6-4-7-16(2)22(15)24-20(26)13-23-21(27)14-25(3)32(28,29)17-8-9-18-19(12-17)31-11-5-10-30-18/h4,6-9,12H,5,10-11,13-14H2,1-3H3,(H,23,27)(H,24,26). The van der Waals surface area contributed by atoms with Gasteiger partial charge in [0.2, 0.25) is 21.8 Å². The van der Waals surface area contributed by atoms with Crippen LogP contribution in [0, 0.1) is 13.8 Å². The van der Waals surface area contributed by atoms with Crippen LogP contribution in [0.15, 0.2) is 41.3 Å². The fourth-order valence-electron chi connectivity index (χ4n) is 3.20. The first-order valence-electron chi connectivity index (χ1n) is 10.2. The number of nitrogens with one attached hydrogen (secondary N) is 2. The lowest BCUT2D eigenvalue weighted by atomic mass is 10.1. The van der Waals surface area contributed by atoms with Gasteiger partial charge in [0, 0.05) is 25.2 Å². The topological polar surface area (TPSA) is 114 Å². The predicted molar refractivity (Wildman–Crippen MR) is 119 cm³/mol. The van der Waals surface area contributed by atoms with Gasteiger partial charge in [0.25, 0.3) is 0 Å². The summed E-state index contributed by atoms with van der Waals surface area (Å²) in [5.41, 5.74) is 2.51. The molecular weight excluding hydrogens is 434 g/mol. The minimum Gasteiger partial charge on any atom is -0.490 e. The molecular formula is C22H27N3O6S. The number of hydrogen-bond donors (Lipinski definition) is 2. The van der Waals surface area contributed by atoms with E-state index in [1.807, 2.05) is 32.0 Å². The van der Waals surface area contributed by atoms with Crippen molar-refractivity contribution in [1.82, 2.24) is 9.62 Å². The lowest BCUT2D eigenvalue weighted by Crippen LogP contribution is -2.41. The highest BCUT2D eigenvalue weighted by atomic mass is 32.2. The summed E-state index contributed by atoms with van der Waals surface area (Å²) in [7, 11) is -2.64. The van der Waals surface area contributed by atoms with Crippen molar-refractivity contribution >= 4 is 27.5 Å². The van der Waals surface area contributed by atoms with Crippen molar-refractivity contribution in [1.29, 1.82) is 0 Å². The number of nitrogens with zero attached hydrogens (tertiary/aromatic N) is 1. The smallest absolute Gasteiger partial charge is 0.243 e. The van der Waals surface area contributed by atoms with Gasteiger partial charge in [0.05, 0.1) is 31.2 Å².